The van der Waals surface area contributed by atoms with Crippen molar-refractivity contribution in [3.8, 4) is 5.75 Å². The fourth-order valence-electron chi connectivity index (χ4n) is 5.89. The Morgan fingerprint density at radius 3 is 2.44 bits per heavy atom. The normalized spacial score (nSPS) is 17.9. The molecule has 41 heavy (non-hydrogen) atoms. The molecule has 0 bridgehead atoms. The number of aromatic nitrogens is 2. The Kier molecular flexibility index (Phi) is 10.5. The van der Waals surface area contributed by atoms with Gasteiger partial charge in [0.15, 0.2) is 0 Å². The molecule has 1 fully saturated rings. The smallest absolute Gasteiger partial charge is 0.330 e. The van der Waals surface area contributed by atoms with Gasteiger partial charge in [0, 0.05) is 43.5 Å². The van der Waals surface area contributed by atoms with E-state index in [1.165, 1.54) is 27.0 Å². The number of carboxylic acid groups (broad SMARTS) is 1. The molecule has 220 valence electrons. The molecule has 8 nitrogen and oxygen atoms in total. The maximum Gasteiger partial charge on any atom is 0.330 e. The van der Waals surface area contributed by atoms with Gasteiger partial charge in [-0.2, -0.15) is 0 Å². The van der Waals surface area contributed by atoms with E-state index in [1.54, 1.807) is 7.05 Å². The van der Waals surface area contributed by atoms with E-state index >= 15 is 0 Å². The van der Waals surface area contributed by atoms with Crippen LogP contribution >= 0.6 is 11.6 Å². The number of carboxylic acids is 1. The molecule has 1 heterocycles. The van der Waals surface area contributed by atoms with Crippen molar-refractivity contribution >= 4 is 17.6 Å². The van der Waals surface area contributed by atoms with Crippen LogP contribution in [0.2, 0.25) is 5.02 Å². The molecular weight excluding hydrogens is 542 g/mol. The second kappa shape index (κ2) is 14.0. The number of aliphatic carboxylic acids is 1. The highest BCUT2D eigenvalue weighted by atomic mass is 35.5. The average Bonchev–Trinajstić information content (AvgIpc) is 2.95. The first kappa shape index (κ1) is 30.6. The van der Waals surface area contributed by atoms with Crippen molar-refractivity contribution in [1.29, 1.82) is 0 Å². The summed E-state index contributed by atoms with van der Waals surface area (Å²) in [5.41, 5.74) is 2.66. The molecule has 1 saturated carbocycles. The van der Waals surface area contributed by atoms with Gasteiger partial charge in [0.25, 0.3) is 5.56 Å². The first-order valence-electron chi connectivity index (χ1n) is 14.4. The van der Waals surface area contributed by atoms with Crippen molar-refractivity contribution in [2.24, 2.45) is 18.9 Å². The van der Waals surface area contributed by atoms with Gasteiger partial charge in [0.1, 0.15) is 12.4 Å². The van der Waals surface area contributed by atoms with Gasteiger partial charge in [-0.3, -0.25) is 19.1 Å². The van der Waals surface area contributed by atoms with Crippen LogP contribution in [-0.2, 0) is 24.9 Å². The highest BCUT2D eigenvalue weighted by Gasteiger charge is 2.29. The second-order valence-electron chi connectivity index (χ2n) is 11.1. The van der Waals surface area contributed by atoms with Crippen LogP contribution in [0.3, 0.4) is 0 Å². The first-order chi connectivity index (χ1) is 19.7. The number of ether oxygens (including phenoxy) is 1. The molecule has 9 heteroatoms. The fourth-order valence-corrected chi connectivity index (χ4v) is 6.01. The van der Waals surface area contributed by atoms with Gasteiger partial charge in [0.2, 0.25) is 0 Å². The highest BCUT2D eigenvalue weighted by molar-refractivity contribution is 6.30. The minimum atomic E-state index is -0.677. The average molecular weight is 582 g/mol. The van der Waals surface area contributed by atoms with E-state index in [4.69, 9.17) is 16.3 Å². The third kappa shape index (κ3) is 7.89. The summed E-state index contributed by atoms with van der Waals surface area (Å²) in [4.78, 5) is 38.3. The summed E-state index contributed by atoms with van der Waals surface area (Å²) in [5.74, 6) is 0.267. The van der Waals surface area contributed by atoms with Crippen LogP contribution in [0.25, 0.3) is 0 Å². The lowest BCUT2D eigenvalue weighted by Crippen LogP contribution is -2.39. The van der Waals surface area contributed by atoms with E-state index in [-0.39, 0.29) is 36.4 Å². The zero-order chi connectivity index (χ0) is 29.5. The molecule has 1 unspecified atom stereocenters. The van der Waals surface area contributed by atoms with Crippen molar-refractivity contribution in [2.75, 3.05) is 13.2 Å². The van der Waals surface area contributed by atoms with Gasteiger partial charge in [0.05, 0.1) is 12.5 Å². The Labute approximate surface area is 246 Å². The lowest BCUT2D eigenvalue weighted by atomic mass is 9.81. The fraction of sp³-hybridized carbons (Fsp3) is 0.469. The summed E-state index contributed by atoms with van der Waals surface area (Å²) in [7, 11) is 1.61. The molecule has 0 amide bonds. The molecular formula is C32H40ClN3O5. The highest BCUT2D eigenvalue weighted by Crippen LogP contribution is 2.34. The van der Waals surface area contributed by atoms with Gasteiger partial charge in [-0.1, -0.05) is 42.8 Å². The molecule has 1 aromatic heterocycles. The number of halogens is 1. The van der Waals surface area contributed by atoms with Crippen LogP contribution in [0.15, 0.2) is 64.3 Å². The van der Waals surface area contributed by atoms with Crippen molar-refractivity contribution in [3.05, 3.63) is 97.3 Å². The summed E-state index contributed by atoms with van der Waals surface area (Å²) in [5, 5.41) is 10.1. The number of aryl methyl sites for hydroxylation is 2. The molecule has 0 spiro atoms. The van der Waals surface area contributed by atoms with E-state index < -0.39 is 5.97 Å². The van der Waals surface area contributed by atoms with Gasteiger partial charge < -0.3 is 14.4 Å². The van der Waals surface area contributed by atoms with Crippen LogP contribution in [0.5, 0.6) is 5.75 Å². The van der Waals surface area contributed by atoms with E-state index in [1.807, 2.05) is 25.1 Å². The standard InChI is InChI=1S/C32H40ClN3O5/c1-4-28(25-10-12-27(33)13-11-25)35(20-23-5-8-26(9-6-23)31(38)39)21-24-7-14-29(22(2)19-24)41-18-17-36-30(37)15-16-34(3)32(36)40/h7,10-16,19,23,26,28H,4-6,8-9,17-18,20-21H2,1-3H3,(H,38,39). The van der Waals surface area contributed by atoms with Gasteiger partial charge in [-0.05, 0) is 79.8 Å². The molecule has 1 N–H and O–H groups in total. The molecule has 3 aromatic rings. The molecule has 1 atom stereocenters. The van der Waals surface area contributed by atoms with Gasteiger partial charge in [-0.15, -0.1) is 0 Å². The number of hydrogen-bond donors (Lipinski definition) is 1. The second-order valence-corrected chi connectivity index (χ2v) is 11.5. The summed E-state index contributed by atoms with van der Waals surface area (Å²) in [6.07, 6.45) is 5.71. The third-order valence-electron chi connectivity index (χ3n) is 8.21. The summed E-state index contributed by atoms with van der Waals surface area (Å²) < 4.78 is 8.52. The molecule has 1 aliphatic rings. The molecule has 4 rings (SSSR count). The molecule has 0 saturated heterocycles. The number of nitrogens with zero attached hydrogens (tertiary/aromatic N) is 3. The Bertz CT molecular complexity index is 1440. The van der Waals surface area contributed by atoms with Gasteiger partial charge in [-0.25, -0.2) is 4.79 Å². The van der Waals surface area contributed by atoms with E-state index in [9.17, 15) is 19.5 Å². The van der Waals surface area contributed by atoms with Crippen LogP contribution in [-0.4, -0.2) is 38.3 Å². The van der Waals surface area contributed by atoms with E-state index in [2.05, 4.69) is 36.1 Å². The Hall–Kier alpha value is -3.36. The number of hydrogen-bond acceptors (Lipinski definition) is 5. The zero-order valence-electron chi connectivity index (χ0n) is 24.1. The lowest BCUT2D eigenvalue weighted by molar-refractivity contribution is -0.143. The topological polar surface area (TPSA) is 93.8 Å². The lowest BCUT2D eigenvalue weighted by Gasteiger charge is -2.36. The maximum absolute atomic E-state index is 12.3. The zero-order valence-corrected chi connectivity index (χ0v) is 24.8. The van der Waals surface area contributed by atoms with Crippen LogP contribution in [0, 0.1) is 18.8 Å². The Morgan fingerprint density at radius 2 is 1.80 bits per heavy atom. The molecule has 0 aliphatic heterocycles. The predicted molar refractivity (Wildman–Crippen MR) is 161 cm³/mol. The number of rotatable bonds is 12. The minimum Gasteiger partial charge on any atom is -0.491 e. The van der Waals surface area contributed by atoms with Crippen LogP contribution in [0.1, 0.15) is 61.8 Å². The molecule has 1 aliphatic carbocycles. The number of carbonyl (C=O) groups is 1. The van der Waals surface area contributed by atoms with E-state index in [0.29, 0.717) is 10.9 Å². The van der Waals surface area contributed by atoms with Crippen LogP contribution in [0.4, 0.5) is 0 Å². The SMILES string of the molecule is CCC(c1ccc(Cl)cc1)N(Cc1ccc(OCCn2c(=O)ccn(C)c2=O)c(C)c1)CC1CCC(C(=O)O)CC1. The minimum absolute atomic E-state index is 0.171. The van der Waals surface area contributed by atoms with Crippen molar-refractivity contribution in [3.63, 3.8) is 0 Å². The molecule has 0 radical (unpaired) electrons. The Morgan fingerprint density at radius 1 is 1.10 bits per heavy atom. The van der Waals surface area contributed by atoms with Crippen molar-refractivity contribution < 1.29 is 14.6 Å². The van der Waals surface area contributed by atoms with Crippen LogP contribution < -0.4 is 16.0 Å². The van der Waals surface area contributed by atoms with E-state index in [0.717, 1.165) is 62.1 Å². The largest absolute Gasteiger partial charge is 0.491 e. The monoisotopic (exact) mass is 581 g/mol. The summed E-state index contributed by atoms with van der Waals surface area (Å²) >= 11 is 6.18. The quantitative estimate of drug-likeness (QED) is 0.306. The predicted octanol–water partition coefficient (Wildman–Crippen LogP) is 5.43. The van der Waals surface area contributed by atoms with Crippen molar-refractivity contribution in [2.45, 2.75) is 65.1 Å². The third-order valence-corrected chi connectivity index (χ3v) is 8.46. The number of benzene rings is 2. The Balaban J connectivity index is 1.47. The maximum atomic E-state index is 12.3. The van der Waals surface area contributed by atoms with Crippen molar-refractivity contribution in [1.82, 2.24) is 14.0 Å². The van der Waals surface area contributed by atoms with Gasteiger partial charge >= 0.3 is 11.7 Å². The first-order valence-corrected chi connectivity index (χ1v) is 14.7. The molecule has 2 aromatic carbocycles. The summed E-state index contributed by atoms with van der Waals surface area (Å²) in [6.45, 7) is 6.22. The summed E-state index contributed by atoms with van der Waals surface area (Å²) in [6, 6.07) is 15.8.